The molecule has 2 rings (SSSR count). The summed E-state index contributed by atoms with van der Waals surface area (Å²) in [5, 5.41) is 9.84. The maximum Gasteiger partial charge on any atom is 0.146 e. The monoisotopic (exact) mass is 366 g/mol. The maximum absolute atomic E-state index is 14.5. The standard InChI is InChI=1S/C19H31FN2O2Si/c1-13(2)9-15-16(20)10-21-18-14(3)17(11-23)22(19(15)18)12-24-7-8-25(4,5)6/h10,13,23H,7-9,11-12H2,1-6H3. The quantitative estimate of drug-likeness (QED) is 0.553. The normalized spacial score (nSPS) is 12.5. The van der Waals surface area contributed by atoms with E-state index in [0.717, 1.165) is 28.3 Å². The Bertz CT molecular complexity index is 735. The van der Waals surface area contributed by atoms with E-state index in [9.17, 15) is 9.50 Å². The first-order valence-corrected chi connectivity index (χ1v) is 12.7. The number of aryl methyl sites for hydroxylation is 1. The SMILES string of the molecule is Cc1c(CO)n(COCC[Si](C)(C)C)c2c(CC(C)C)c(F)cnc12. The highest BCUT2D eigenvalue weighted by molar-refractivity contribution is 6.76. The number of fused-ring (bicyclic) bond motifs is 1. The Morgan fingerprint density at radius 3 is 2.56 bits per heavy atom. The van der Waals surface area contributed by atoms with Crippen LogP contribution in [0.15, 0.2) is 6.20 Å². The van der Waals surface area contributed by atoms with Crippen LogP contribution >= 0.6 is 0 Å². The Morgan fingerprint density at radius 1 is 1.32 bits per heavy atom. The summed E-state index contributed by atoms with van der Waals surface area (Å²) in [6, 6.07) is 1.07. The van der Waals surface area contributed by atoms with E-state index < -0.39 is 8.07 Å². The van der Waals surface area contributed by atoms with E-state index in [-0.39, 0.29) is 12.4 Å². The first kappa shape index (κ1) is 20.1. The molecule has 2 aromatic rings. The van der Waals surface area contributed by atoms with Crippen LogP contribution in [0.5, 0.6) is 0 Å². The summed E-state index contributed by atoms with van der Waals surface area (Å²) in [6.07, 6.45) is 1.93. The zero-order valence-corrected chi connectivity index (χ0v) is 17.3. The molecule has 140 valence electrons. The predicted molar refractivity (Wildman–Crippen MR) is 103 cm³/mol. The van der Waals surface area contributed by atoms with Gasteiger partial charge in [-0.25, -0.2) is 4.39 Å². The van der Waals surface area contributed by atoms with Crippen molar-refractivity contribution in [1.29, 1.82) is 0 Å². The highest BCUT2D eigenvalue weighted by atomic mass is 28.3. The third-order valence-corrected chi connectivity index (χ3v) is 6.17. The minimum atomic E-state index is -1.16. The van der Waals surface area contributed by atoms with Gasteiger partial charge in [0.05, 0.1) is 29.5 Å². The first-order valence-electron chi connectivity index (χ1n) is 8.99. The van der Waals surface area contributed by atoms with Crippen LogP contribution in [0.2, 0.25) is 25.7 Å². The Kier molecular flexibility index (Phi) is 6.40. The average molecular weight is 367 g/mol. The summed E-state index contributed by atoms with van der Waals surface area (Å²) in [6.45, 7) is 13.9. The number of hydrogen-bond acceptors (Lipinski definition) is 3. The maximum atomic E-state index is 14.5. The van der Waals surface area contributed by atoms with Gasteiger partial charge in [-0.3, -0.25) is 4.98 Å². The van der Waals surface area contributed by atoms with Crippen LogP contribution in [0.1, 0.15) is 30.7 Å². The molecule has 0 unspecified atom stereocenters. The Labute approximate surface area is 151 Å². The van der Waals surface area contributed by atoms with Crippen molar-refractivity contribution in [2.75, 3.05) is 6.61 Å². The van der Waals surface area contributed by atoms with Gasteiger partial charge in [-0.1, -0.05) is 33.5 Å². The van der Waals surface area contributed by atoms with E-state index in [4.69, 9.17) is 4.74 Å². The molecule has 25 heavy (non-hydrogen) atoms. The highest BCUT2D eigenvalue weighted by Gasteiger charge is 2.21. The molecule has 0 fully saturated rings. The van der Waals surface area contributed by atoms with Crippen LogP contribution < -0.4 is 0 Å². The highest BCUT2D eigenvalue weighted by Crippen LogP contribution is 2.30. The molecule has 1 N–H and O–H groups in total. The van der Waals surface area contributed by atoms with Gasteiger partial charge in [0, 0.05) is 20.2 Å². The molecule has 0 radical (unpaired) electrons. The summed E-state index contributed by atoms with van der Waals surface area (Å²) in [5.41, 5.74) is 3.84. The lowest BCUT2D eigenvalue weighted by atomic mass is 10.0. The van der Waals surface area contributed by atoms with Crippen LogP contribution in [0.4, 0.5) is 4.39 Å². The molecule has 0 aliphatic rings. The first-order chi connectivity index (χ1) is 11.7. The number of aliphatic hydroxyl groups excluding tert-OH is 1. The summed E-state index contributed by atoms with van der Waals surface area (Å²) >= 11 is 0. The topological polar surface area (TPSA) is 47.3 Å². The van der Waals surface area contributed by atoms with Crippen molar-refractivity contribution < 1.29 is 14.2 Å². The fourth-order valence-electron chi connectivity index (χ4n) is 3.04. The molecule has 0 aliphatic carbocycles. The van der Waals surface area contributed by atoms with E-state index in [1.54, 1.807) is 0 Å². The summed E-state index contributed by atoms with van der Waals surface area (Å²) in [7, 11) is -1.16. The lowest BCUT2D eigenvalue weighted by Gasteiger charge is -2.17. The lowest BCUT2D eigenvalue weighted by Crippen LogP contribution is -2.22. The average Bonchev–Trinajstić information content (AvgIpc) is 2.77. The molecule has 0 spiro atoms. The largest absolute Gasteiger partial charge is 0.390 e. The lowest BCUT2D eigenvalue weighted by molar-refractivity contribution is 0.0851. The molecular formula is C19H31FN2O2Si. The van der Waals surface area contributed by atoms with E-state index in [1.165, 1.54) is 6.20 Å². The second kappa shape index (κ2) is 7.97. The van der Waals surface area contributed by atoms with Gasteiger partial charge in [0.2, 0.25) is 0 Å². The third kappa shape index (κ3) is 4.68. The zero-order valence-electron chi connectivity index (χ0n) is 16.3. The fourth-order valence-corrected chi connectivity index (χ4v) is 3.80. The fraction of sp³-hybridized carbons (Fsp3) is 0.632. The number of rotatable bonds is 8. The van der Waals surface area contributed by atoms with Crippen LogP contribution in [0, 0.1) is 18.7 Å². The van der Waals surface area contributed by atoms with Gasteiger partial charge in [-0.15, -0.1) is 0 Å². The van der Waals surface area contributed by atoms with E-state index in [1.807, 2.05) is 11.5 Å². The van der Waals surface area contributed by atoms with Crippen molar-refractivity contribution in [3.8, 4) is 0 Å². The van der Waals surface area contributed by atoms with E-state index >= 15 is 0 Å². The van der Waals surface area contributed by atoms with Gasteiger partial charge >= 0.3 is 0 Å². The molecule has 0 aliphatic heterocycles. The molecule has 0 bridgehead atoms. The second-order valence-corrected chi connectivity index (χ2v) is 14.0. The number of pyridine rings is 1. The van der Waals surface area contributed by atoms with Gasteiger partial charge in [-0.2, -0.15) is 0 Å². The summed E-state index contributed by atoms with van der Waals surface area (Å²) in [5.74, 6) is 0.0423. The van der Waals surface area contributed by atoms with E-state index in [2.05, 4.69) is 38.5 Å². The van der Waals surface area contributed by atoms with Crippen molar-refractivity contribution >= 4 is 19.1 Å². The number of aliphatic hydroxyl groups is 1. The van der Waals surface area contributed by atoms with Crippen LogP contribution in [-0.4, -0.2) is 29.3 Å². The van der Waals surface area contributed by atoms with Gasteiger partial charge in [-0.05, 0) is 30.9 Å². The molecule has 2 heterocycles. The second-order valence-electron chi connectivity index (χ2n) is 8.39. The van der Waals surface area contributed by atoms with Crippen LogP contribution in [0.3, 0.4) is 0 Å². The number of aromatic nitrogens is 2. The Morgan fingerprint density at radius 2 is 2.00 bits per heavy atom. The Balaban J connectivity index is 2.43. The van der Waals surface area contributed by atoms with Gasteiger partial charge < -0.3 is 14.4 Å². The van der Waals surface area contributed by atoms with E-state index in [0.29, 0.717) is 31.2 Å². The van der Waals surface area contributed by atoms with Crippen molar-refractivity contribution in [1.82, 2.24) is 9.55 Å². The number of hydrogen-bond donors (Lipinski definition) is 1. The van der Waals surface area contributed by atoms with Crippen molar-refractivity contribution in [3.63, 3.8) is 0 Å². The molecule has 0 saturated carbocycles. The van der Waals surface area contributed by atoms with Crippen LogP contribution in [-0.2, 0) is 24.5 Å². The smallest absolute Gasteiger partial charge is 0.146 e. The molecule has 4 nitrogen and oxygen atoms in total. The molecule has 6 heteroatoms. The molecule has 2 aromatic heterocycles. The van der Waals surface area contributed by atoms with Crippen LogP contribution in [0.25, 0.3) is 11.0 Å². The Hall–Kier alpha value is -1.24. The zero-order chi connectivity index (χ0) is 18.8. The number of halogens is 1. The predicted octanol–water partition coefficient (Wildman–Crippen LogP) is 4.49. The van der Waals surface area contributed by atoms with Gasteiger partial charge in [0.1, 0.15) is 12.5 Å². The van der Waals surface area contributed by atoms with Gasteiger partial charge in [0.15, 0.2) is 0 Å². The number of ether oxygens (including phenoxy) is 1. The molecule has 0 atom stereocenters. The summed E-state index contributed by atoms with van der Waals surface area (Å²) < 4.78 is 22.3. The van der Waals surface area contributed by atoms with Crippen molar-refractivity contribution in [2.24, 2.45) is 5.92 Å². The van der Waals surface area contributed by atoms with Crippen molar-refractivity contribution in [3.05, 3.63) is 28.8 Å². The van der Waals surface area contributed by atoms with Gasteiger partial charge in [0.25, 0.3) is 0 Å². The van der Waals surface area contributed by atoms with Crippen molar-refractivity contribution in [2.45, 2.75) is 66.2 Å². The molecule has 0 saturated heterocycles. The molecular weight excluding hydrogens is 335 g/mol. The molecule has 0 aromatic carbocycles. The third-order valence-electron chi connectivity index (χ3n) is 4.47. The minimum Gasteiger partial charge on any atom is -0.390 e. The summed E-state index contributed by atoms with van der Waals surface area (Å²) in [4.78, 5) is 4.29. The number of nitrogens with zero attached hydrogens (tertiary/aromatic N) is 2. The minimum absolute atomic E-state index is 0.109. The molecule has 0 amide bonds.